The molecule has 190 valence electrons. The van der Waals surface area contributed by atoms with E-state index in [2.05, 4.69) is 37.7 Å². The van der Waals surface area contributed by atoms with Gasteiger partial charge in [0.1, 0.15) is 17.7 Å². The Balaban J connectivity index is 1.28. The minimum Gasteiger partial charge on any atom is -0.368 e. The monoisotopic (exact) mass is 504 g/mol. The number of aryl methyl sites for hydroxylation is 1. The van der Waals surface area contributed by atoms with Gasteiger partial charge < -0.3 is 21.4 Å². The van der Waals surface area contributed by atoms with Crippen LogP contribution in [0.3, 0.4) is 0 Å². The van der Waals surface area contributed by atoms with Crippen LogP contribution in [0, 0.1) is 0 Å². The average molecular weight is 505 g/mol. The normalized spacial score (nSPS) is 11.7. The number of rotatable bonds is 10. The predicted octanol–water partition coefficient (Wildman–Crippen LogP) is 4.45. The molecule has 5 rings (SSSR count). The predicted molar refractivity (Wildman–Crippen MR) is 148 cm³/mol. The summed E-state index contributed by atoms with van der Waals surface area (Å²) in [4.78, 5) is 37.3. The number of hydrogen-bond donors (Lipinski definition) is 4. The van der Waals surface area contributed by atoms with Gasteiger partial charge in [0, 0.05) is 23.9 Å². The molecular formula is C30H28N6O2. The second-order valence-electron chi connectivity index (χ2n) is 9.04. The number of pyridine rings is 1. The zero-order valence-electron chi connectivity index (χ0n) is 20.7. The molecule has 5 aromatic rings. The summed E-state index contributed by atoms with van der Waals surface area (Å²) in [5.41, 5.74) is 10.5. The quantitative estimate of drug-likeness (QED) is 0.224. The molecule has 0 fully saturated rings. The second kappa shape index (κ2) is 11.4. The number of nitrogens with two attached hydrogens (primary N) is 1. The molecule has 8 nitrogen and oxygen atoms in total. The summed E-state index contributed by atoms with van der Waals surface area (Å²) in [6.07, 6.45) is 2.78. The van der Waals surface area contributed by atoms with Crippen molar-refractivity contribution in [2.75, 3.05) is 5.32 Å². The Hall–Kier alpha value is -4.98. The number of carbonyl (C=O) groups is 2. The number of benzene rings is 3. The summed E-state index contributed by atoms with van der Waals surface area (Å²) >= 11 is 0. The first-order valence-corrected chi connectivity index (χ1v) is 12.4. The zero-order valence-corrected chi connectivity index (χ0v) is 20.7. The molecule has 2 aromatic heterocycles. The molecule has 0 spiro atoms. The first-order chi connectivity index (χ1) is 18.5. The first kappa shape index (κ1) is 24.7. The number of anilines is 1. The Morgan fingerprint density at radius 3 is 2.37 bits per heavy atom. The van der Waals surface area contributed by atoms with Gasteiger partial charge in [0.2, 0.25) is 5.91 Å². The van der Waals surface area contributed by atoms with Gasteiger partial charge in [-0.2, -0.15) is 0 Å². The van der Waals surface area contributed by atoms with Crippen molar-refractivity contribution in [1.82, 2.24) is 20.3 Å². The highest BCUT2D eigenvalue weighted by atomic mass is 16.2. The van der Waals surface area contributed by atoms with E-state index in [-0.39, 0.29) is 5.91 Å². The summed E-state index contributed by atoms with van der Waals surface area (Å²) in [6, 6.07) is 28.1. The Labute approximate surface area is 220 Å². The molecule has 5 N–H and O–H groups in total. The van der Waals surface area contributed by atoms with E-state index in [0.29, 0.717) is 36.3 Å². The van der Waals surface area contributed by atoms with E-state index in [4.69, 9.17) is 5.73 Å². The number of primary amides is 1. The molecule has 2 heterocycles. The van der Waals surface area contributed by atoms with Gasteiger partial charge in [-0.25, -0.2) is 9.97 Å². The standard InChI is InChI=1S/C30H28N6O2/c31-28(37)25(13-11-20-7-3-1-4-8-20)36-30(38)23-12-14-24-26(17-23)35-29(34-24)22-15-16-32-27(18-22)33-19-21-9-5-2-6-10-21/h1-10,12,14-18,25H,11,13,19H2,(H2,31,37)(H,32,33)(H,34,35)(H,36,38)/t25-/m0/s1. The number of aromatic nitrogens is 3. The Morgan fingerprint density at radius 1 is 0.895 bits per heavy atom. The van der Waals surface area contributed by atoms with Gasteiger partial charge in [0.25, 0.3) is 5.91 Å². The van der Waals surface area contributed by atoms with Crippen molar-refractivity contribution in [1.29, 1.82) is 0 Å². The number of carbonyl (C=O) groups excluding carboxylic acids is 2. The molecule has 0 unspecified atom stereocenters. The molecule has 0 aliphatic rings. The number of nitrogens with one attached hydrogen (secondary N) is 3. The van der Waals surface area contributed by atoms with Crippen LogP contribution in [0.5, 0.6) is 0 Å². The van der Waals surface area contributed by atoms with Crippen LogP contribution >= 0.6 is 0 Å². The average Bonchev–Trinajstić information content (AvgIpc) is 3.39. The smallest absolute Gasteiger partial charge is 0.252 e. The van der Waals surface area contributed by atoms with E-state index in [0.717, 1.165) is 28.0 Å². The van der Waals surface area contributed by atoms with E-state index in [1.54, 1.807) is 24.4 Å². The third-order valence-electron chi connectivity index (χ3n) is 6.31. The van der Waals surface area contributed by atoms with Crippen molar-refractivity contribution in [3.8, 4) is 11.4 Å². The topological polar surface area (TPSA) is 126 Å². The molecule has 3 aromatic carbocycles. The number of hydrogen-bond acceptors (Lipinski definition) is 5. The zero-order chi connectivity index (χ0) is 26.3. The number of imidazole rings is 1. The summed E-state index contributed by atoms with van der Waals surface area (Å²) < 4.78 is 0. The Morgan fingerprint density at radius 2 is 1.63 bits per heavy atom. The third-order valence-corrected chi connectivity index (χ3v) is 6.31. The Kier molecular flexibility index (Phi) is 7.40. The fourth-order valence-corrected chi connectivity index (χ4v) is 4.23. The fraction of sp³-hybridized carbons (Fsp3) is 0.133. The molecule has 0 aliphatic carbocycles. The summed E-state index contributed by atoms with van der Waals surface area (Å²) in [5.74, 6) is 0.477. The van der Waals surface area contributed by atoms with Crippen molar-refractivity contribution in [3.05, 3.63) is 114 Å². The van der Waals surface area contributed by atoms with Gasteiger partial charge in [0.15, 0.2) is 0 Å². The SMILES string of the molecule is NC(=O)[C@H](CCc1ccccc1)NC(=O)c1ccc2nc(-c3ccnc(NCc4ccccc4)c3)[nH]c2c1. The van der Waals surface area contributed by atoms with Crippen LogP contribution < -0.4 is 16.4 Å². The van der Waals surface area contributed by atoms with Crippen molar-refractivity contribution in [3.63, 3.8) is 0 Å². The van der Waals surface area contributed by atoms with Gasteiger partial charge in [-0.05, 0) is 54.3 Å². The highest BCUT2D eigenvalue weighted by molar-refractivity contribution is 6.00. The summed E-state index contributed by atoms with van der Waals surface area (Å²) in [7, 11) is 0. The third kappa shape index (κ3) is 6.04. The highest BCUT2D eigenvalue weighted by Gasteiger charge is 2.19. The maximum Gasteiger partial charge on any atom is 0.252 e. The molecule has 0 bridgehead atoms. The van der Waals surface area contributed by atoms with Crippen LogP contribution in [0.15, 0.2) is 97.2 Å². The number of H-pyrrole nitrogens is 1. The van der Waals surface area contributed by atoms with E-state index < -0.39 is 11.9 Å². The fourth-order valence-electron chi connectivity index (χ4n) is 4.23. The van der Waals surface area contributed by atoms with E-state index in [1.165, 1.54) is 0 Å². The lowest BCUT2D eigenvalue weighted by molar-refractivity contribution is -0.120. The minimum absolute atomic E-state index is 0.365. The lowest BCUT2D eigenvalue weighted by Crippen LogP contribution is -2.44. The molecule has 38 heavy (non-hydrogen) atoms. The maximum absolute atomic E-state index is 13.0. The number of nitrogens with zero attached hydrogens (tertiary/aromatic N) is 2. The van der Waals surface area contributed by atoms with Crippen molar-refractivity contribution >= 4 is 28.7 Å². The second-order valence-corrected chi connectivity index (χ2v) is 9.04. The van der Waals surface area contributed by atoms with Crippen LogP contribution in [0.4, 0.5) is 5.82 Å². The lowest BCUT2D eigenvalue weighted by atomic mass is 10.0. The van der Waals surface area contributed by atoms with Crippen molar-refractivity contribution in [2.24, 2.45) is 5.73 Å². The Bertz CT molecular complexity index is 1550. The van der Waals surface area contributed by atoms with Crippen LogP contribution in [0.2, 0.25) is 0 Å². The molecule has 0 radical (unpaired) electrons. The lowest BCUT2D eigenvalue weighted by Gasteiger charge is -2.15. The molecule has 0 aliphatic heterocycles. The number of fused-ring (bicyclic) bond motifs is 1. The van der Waals surface area contributed by atoms with Crippen LogP contribution in [0.1, 0.15) is 27.9 Å². The van der Waals surface area contributed by atoms with Crippen LogP contribution in [-0.2, 0) is 17.8 Å². The highest BCUT2D eigenvalue weighted by Crippen LogP contribution is 2.23. The number of amides is 2. The maximum atomic E-state index is 13.0. The summed E-state index contributed by atoms with van der Waals surface area (Å²) in [6.45, 7) is 0.660. The van der Waals surface area contributed by atoms with Crippen molar-refractivity contribution in [2.45, 2.75) is 25.4 Å². The molecule has 8 heteroatoms. The van der Waals surface area contributed by atoms with Gasteiger partial charge >= 0.3 is 0 Å². The van der Waals surface area contributed by atoms with Gasteiger partial charge in [0.05, 0.1) is 11.0 Å². The van der Waals surface area contributed by atoms with Gasteiger partial charge in [-0.15, -0.1) is 0 Å². The molecule has 0 saturated carbocycles. The van der Waals surface area contributed by atoms with Gasteiger partial charge in [-0.3, -0.25) is 9.59 Å². The first-order valence-electron chi connectivity index (χ1n) is 12.4. The largest absolute Gasteiger partial charge is 0.368 e. The van der Waals surface area contributed by atoms with Gasteiger partial charge in [-0.1, -0.05) is 60.7 Å². The van der Waals surface area contributed by atoms with Crippen LogP contribution in [0.25, 0.3) is 22.4 Å². The number of aromatic amines is 1. The molecule has 2 amide bonds. The molecule has 0 saturated heterocycles. The minimum atomic E-state index is -0.769. The van der Waals surface area contributed by atoms with Crippen molar-refractivity contribution < 1.29 is 9.59 Å². The van der Waals surface area contributed by atoms with Crippen LogP contribution in [-0.4, -0.2) is 32.8 Å². The summed E-state index contributed by atoms with van der Waals surface area (Å²) in [5, 5.41) is 6.11. The van der Waals surface area contributed by atoms with E-state index in [1.807, 2.05) is 60.7 Å². The van der Waals surface area contributed by atoms with E-state index >= 15 is 0 Å². The molecule has 1 atom stereocenters. The molecular weight excluding hydrogens is 476 g/mol. The van der Waals surface area contributed by atoms with E-state index in [9.17, 15) is 9.59 Å².